The van der Waals surface area contributed by atoms with Crippen LogP contribution in [0, 0.1) is 0 Å². The quantitative estimate of drug-likeness (QED) is 0.479. The lowest BCUT2D eigenvalue weighted by molar-refractivity contribution is -0.0236. The zero-order valence-corrected chi connectivity index (χ0v) is 8.62. The number of rotatable bonds is 2. The van der Waals surface area contributed by atoms with Crippen molar-refractivity contribution >= 4 is 7.12 Å². The highest BCUT2D eigenvalue weighted by Crippen LogP contribution is 2.25. The summed E-state index contributed by atoms with van der Waals surface area (Å²) in [6.45, 7) is 9.84. The lowest BCUT2D eigenvalue weighted by Gasteiger charge is -2.37. The van der Waals surface area contributed by atoms with Crippen LogP contribution >= 0.6 is 0 Å². The van der Waals surface area contributed by atoms with E-state index in [0.29, 0.717) is 0 Å². The van der Waals surface area contributed by atoms with Gasteiger partial charge in [0.25, 0.3) is 0 Å². The third kappa shape index (κ3) is 3.37. The molecule has 0 N–H and O–H groups in total. The van der Waals surface area contributed by atoms with Crippen molar-refractivity contribution in [2.75, 3.05) is 0 Å². The highest BCUT2D eigenvalue weighted by atomic mass is 16.6. The Labute approximate surface area is 80.8 Å². The maximum Gasteiger partial charge on any atom is 0.486 e. The van der Waals surface area contributed by atoms with Gasteiger partial charge in [0, 0.05) is 6.10 Å². The van der Waals surface area contributed by atoms with Crippen LogP contribution < -0.4 is 0 Å². The number of hydrogen-bond donors (Lipinski definition) is 0. The minimum atomic E-state index is -0.225. The fourth-order valence-electron chi connectivity index (χ4n) is 1.61. The lowest BCUT2D eigenvalue weighted by Crippen LogP contribution is -2.45. The van der Waals surface area contributed by atoms with Gasteiger partial charge in [-0.05, 0) is 27.2 Å². The van der Waals surface area contributed by atoms with E-state index in [1.807, 2.05) is 12.1 Å². The Morgan fingerprint density at radius 1 is 1.54 bits per heavy atom. The molecule has 0 aromatic carbocycles. The second kappa shape index (κ2) is 4.12. The smallest absolute Gasteiger partial charge is 0.405 e. The Kier molecular flexibility index (Phi) is 3.34. The Bertz CT molecular complexity index is 211. The Hall–Kier alpha value is -0.535. The predicted octanol–water partition coefficient (Wildman–Crippen LogP) is 2.36. The fraction of sp³-hybridized carbons (Fsp3) is 0.600. The van der Waals surface area contributed by atoms with E-state index in [2.05, 4.69) is 27.4 Å². The molecule has 0 saturated carbocycles. The van der Waals surface area contributed by atoms with Crippen LogP contribution in [0.25, 0.3) is 0 Å². The molecule has 1 atom stereocenters. The van der Waals surface area contributed by atoms with E-state index in [1.54, 1.807) is 6.08 Å². The number of hydrogen-bond acceptors (Lipinski definition) is 2. The molecule has 0 aromatic rings. The van der Waals surface area contributed by atoms with Gasteiger partial charge in [0.2, 0.25) is 0 Å². The molecule has 1 aliphatic heterocycles. The van der Waals surface area contributed by atoms with Gasteiger partial charge in [-0.1, -0.05) is 24.7 Å². The van der Waals surface area contributed by atoms with Gasteiger partial charge in [0.05, 0.1) is 5.60 Å². The summed E-state index contributed by atoms with van der Waals surface area (Å²) >= 11 is 0. The molecule has 13 heavy (non-hydrogen) atoms. The summed E-state index contributed by atoms with van der Waals surface area (Å²) in [5, 5.41) is 0. The Morgan fingerprint density at radius 2 is 2.23 bits per heavy atom. The van der Waals surface area contributed by atoms with Crippen molar-refractivity contribution in [1.82, 2.24) is 0 Å². The Balaban J connectivity index is 2.57. The fourth-order valence-corrected chi connectivity index (χ4v) is 1.61. The first kappa shape index (κ1) is 10.5. The first-order valence-corrected chi connectivity index (χ1v) is 4.66. The standard InChI is InChI=1S/C10H17BO2/c1-5-6-7-11-12-9(2)8-10(3,4)13-11/h5-7,9H,1,8H2,2-4H3/b7-6+. The molecule has 1 rings (SSSR count). The van der Waals surface area contributed by atoms with Gasteiger partial charge < -0.3 is 9.31 Å². The van der Waals surface area contributed by atoms with E-state index in [9.17, 15) is 0 Å². The third-order valence-corrected chi connectivity index (χ3v) is 1.98. The maximum absolute atomic E-state index is 5.69. The van der Waals surface area contributed by atoms with Crippen LogP contribution in [0.15, 0.2) is 24.7 Å². The maximum atomic E-state index is 5.69. The van der Waals surface area contributed by atoms with Crippen molar-refractivity contribution < 1.29 is 9.31 Å². The Morgan fingerprint density at radius 3 is 2.77 bits per heavy atom. The van der Waals surface area contributed by atoms with Crippen LogP contribution in [0.4, 0.5) is 0 Å². The summed E-state index contributed by atoms with van der Waals surface area (Å²) in [6, 6.07) is 0. The molecule has 1 heterocycles. The van der Waals surface area contributed by atoms with Gasteiger partial charge in [-0.3, -0.25) is 0 Å². The highest BCUT2D eigenvalue weighted by Gasteiger charge is 2.34. The summed E-state index contributed by atoms with van der Waals surface area (Å²) < 4.78 is 11.3. The van der Waals surface area contributed by atoms with E-state index >= 15 is 0 Å². The molecule has 0 aromatic heterocycles. The summed E-state index contributed by atoms with van der Waals surface area (Å²) in [5.74, 6) is 1.88. The van der Waals surface area contributed by atoms with Crippen LogP contribution in [0.2, 0.25) is 0 Å². The van der Waals surface area contributed by atoms with Crippen molar-refractivity contribution in [3.8, 4) is 0 Å². The third-order valence-electron chi connectivity index (χ3n) is 1.98. The first-order chi connectivity index (χ1) is 6.03. The average Bonchev–Trinajstić information content (AvgIpc) is 1.97. The topological polar surface area (TPSA) is 18.5 Å². The van der Waals surface area contributed by atoms with Gasteiger partial charge >= 0.3 is 7.12 Å². The van der Waals surface area contributed by atoms with Gasteiger partial charge in [-0.15, -0.1) is 0 Å². The molecular weight excluding hydrogens is 163 g/mol. The summed E-state index contributed by atoms with van der Waals surface area (Å²) in [6.07, 6.45) is 4.76. The minimum absolute atomic E-state index is 0.0894. The van der Waals surface area contributed by atoms with Crippen LogP contribution in [0.5, 0.6) is 0 Å². The van der Waals surface area contributed by atoms with E-state index in [-0.39, 0.29) is 18.8 Å². The first-order valence-electron chi connectivity index (χ1n) is 4.66. The monoisotopic (exact) mass is 180 g/mol. The molecule has 0 bridgehead atoms. The highest BCUT2D eigenvalue weighted by molar-refractivity contribution is 6.51. The largest absolute Gasteiger partial charge is 0.486 e. The molecule has 1 saturated heterocycles. The zero-order valence-electron chi connectivity index (χ0n) is 8.62. The van der Waals surface area contributed by atoms with Crippen molar-refractivity contribution in [2.24, 2.45) is 0 Å². The molecule has 0 aliphatic carbocycles. The van der Waals surface area contributed by atoms with Crippen molar-refractivity contribution in [3.63, 3.8) is 0 Å². The van der Waals surface area contributed by atoms with E-state index in [1.165, 1.54) is 0 Å². The molecule has 1 aliphatic rings. The summed E-state index contributed by atoms with van der Waals surface area (Å²) in [5.41, 5.74) is -0.0894. The van der Waals surface area contributed by atoms with E-state index in [4.69, 9.17) is 9.31 Å². The molecule has 1 fully saturated rings. The van der Waals surface area contributed by atoms with Crippen LogP contribution in [0.3, 0.4) is 0 Å². The van der Waals surface area contributed by atoms with E-state index < -0.39 is 0 Å². The number of allylic oxidation sites excluding steroid dienone is 2. The SMILES string of the molecule is C=C/C=C/B1OC(C)CC(C)(C)O1. The van der Waals surface area contributed by atoms with Gasteiger partial charge in [0.15, 0.2) is 0 Å². The van der Waals surface area contributed by atoms with Crippen molar-refractivity contribution in [1.29, 1.82) is 0 Å². The van der Waals surface area contributed by atoms with Crippen LogP contribution in [-0.4, -0.2) is 18.8 Å². The molecule has 2 nitrogen and oxygen atoms in total. The van der Waals surface area contributed by atoms with Crippen molar-refractivity contribution in [2.45, 2.75) is 38.9 Å². The van der Waals surface area contributed by atoms with Crippen molar-refractivity contribution in [3.05, 3.63) is 24.7 Å². The summed E-state index contributed by atoms with van der Waals surface area (Å²) in [4.78, 5) is 0. The molecular formula is C10H17BO2. The second-order valence-corrected chi connectivity index (χ2v) is 4.02. The molecule has 0 amide bonds. The molecule has 3 heteroatoms. The minimum Gasteiger partial charge on any atom is -0.405 e. The lowest BCUT2D eigenvalue weighted by atomic mass is 9.82. The predicted molar refractivity (Wildman–Crippen MR) is 55.4 cm³/mol. The molecule has 72 valence electrons. The normalized spacial score (nSPS) is 27.9. The second-order valence-electron chi connectivity index (χ2n) is 4.02. The molecule has 1 unspecified atom stereocenters. The van der Waals surface area contributed by atoms with E-state index in [0.717, 1.165) is 6.42 Å². The van der Waals surface area contributed by atoms with Crippen LogP contribution in [-0.2, 0) is 9.31 Å². The van der Waals surface area contributed by atoms with Crippen LogP contribution in [0.1, 0.15) is 27.2 Å². The molecule has 0 radical (unpaired) electrons. The summed E-state index contributed by atoms with van der Waals surface area (Å²) in [7, 11) is -0.225. The van der Waals surface area contributed by atoms with Gasteiger partial charge in [0.1, 0.15) is 0 Å². The zero-order chi connectivity index (χ0) is 9.90. The average molecular weight is 180 g/mol. The van der Waals surface area contributed by atoms with Gasteiger partial charge in [-0.25, -0.2) is 0 Å². The van der Waals surface area contributed by atoms with Gasteiger partial charge in [-0.2, -0.15) is 0 Å². The molecule has 0 spiro atoms.